The average molecular weight is 231 g/mol. The molecule has 1 N–H and O–H groups in total. The van der Waals surface area contributed by atoms with Gasteiger partial charge in [0.15, 0.2) is 0 Å². The molecule has 3 nitrogen and oxygen atoms in total. The zero-order valence-electron chi connectivity index (χ0n) is 10.9. The number of para-hydroxylation sites is 1. The fourth-order valence-corrected chi connectivity index (χ4v) is 1.72. The van der Waals surface area contributed by atoms with Crippen molar-refractivity contribution in [2.45, 2.75) is 25.3 Å². The lowest BCUT2D eigenvalue weighted by Gasteiger charge is -2.24. The van der Waals surface area contributed by atoms with Gasteiger partial charge >= 0.3 is 0 Å². The molecule has 0 spiro atoms. The van der Waals surface area contributed by atoms with Gasteiger partial charge in [-0.15, -0.1) is 0 Å². The number of anilines is 1. The van der Waals surface area contributed by atoms with Gasteiger partial charge in [0.1, 0.15) is 5.54 Å². The first-order chi connectivity index (χ1) is 8.11. The third kappa shape index (κ3) is 4.08. The van der Waals surface area contributed by atoms with E-state index in [0.717, 1.165) is 19.4 Å². The van der Waals surface area contributed by atoms with Crippen LogP contribution in [-0.4, -0.2) is 26.2 Å². The number of nitriles is 1. The molecule has 0 radical (unpaired) electrons. The Kier molecular flexibility index (Phi) is 4.99. The molecular formula is C14H21N3. The Morgan fingerprint density at radius 1 is 1.35 bits per heavy atom. The Morgan fingerprint density at radius 2 is 2.00 bits per heavy atom. The lowest BCUT2D eigenvalue weighted by Crippen LogP contribution is -2.38. The van der Waals surface area contributed by atoms with Crippen molar-refractivity contribution < 1.29 is 0 Å². The standard InChI is InChI=1S/C14H21N3/c1-14(12-15,16-2)10-7-11-17(3)13-8-5-4-6-9-13/h4-6,8-9,16H,7,10-11H2,1-3H3. The van der Waals surface area contributed by atoms with Gasteiger partial charge in [0.25, 0.3) is 0 Å². The van der Waals surface area contributed by atoms with E-state index in [9.17, 15) is 0 Å². The predicted molar refractivity (Wildman–Crippen MR) is 72.0 cm³/mol. The topological polar surface area (TPSA) is 39.1 Å². The summed E-state index contributed by atoms with van der Waals surface area (Å²) in [5.41, 5.74) is 0.813. The molecule has 0 bridgehead atoms. The highest BCUT2D eigenvalue weighted by molar-refractivity contribution is 5.44. The molecule has 3 heteroatoms. The minimum absolute atomic E-state index is 0.405. The molecule has 0 aliphatic carbocycles. The summed E-state index contributed by atoms with van der Waals surface area (Å²) < 4.78 is 0. The molecule has 0 aliphatic rings. The fraction of sp³-hybridized carbons (Fsp3) is 0.500. The largest absolute Gasteiger partial charge is 0.375 e. The van der Waals surface area contributed by atoms with Gasteiger partial charge in [0.2, 0.25) is 0 Å². The van der Waals surface area contributed by atoms with Crippen LogP contribution in [0.15, 0.2) is 30.3 Å². The van der Waals surface area contributed by atoms with E-state index in [1.54, 1.807) is 0 Å². The maximum absolute atomic E-state index is 9.04. The monoisotopic (exact) mass is 231 g/mol. The highest BCUT2D eigenvalue weighted by atomic mass is 15.1. The van der Waals surface area contributed by atoms with Gasteiger partial charge < -0.3 is 10.2 Å². The molecule has 0 saturated carbocycles. The van der Waals surface area contributed by atoms with Crippen LogP contribution in [0.3, 0.4) is 0 Å². The van der Waals surface area contributed by atoms with E-state index in [1.165, 1.54) is 5.69 Å². The maximum atomic E-state index is 9.04. The van der Waals surface area contributed by atoms with E-state index < -0.39 is 5.54 Å². The highest BCUT2D eigenvalue weighted by Crippen LogP contribution is 2.14. The van der Waals surface area contributed by atoms with Crippen molar-refractivity contribution in [3.8, 4) is 6.07 Å². The van der Waals surface area contributed by atoms with Crippen molar-refractivity contribution in [2.75, 3.05) is 25.5 Å². The summed E-state index contributed by atoms with van der Waals surface area (Å²) in [6.45, 7) is 2.90. The molecule has 0 heterocycles. The summed E-state index contributed by atoms with van der Waals surface area (Å²) in [5.74, 6) is 0. The zero-order chi connectivity index (χ0) is 12.7. The number of nitrogens with zero attached hydrogens (tertiary/aromatic N) is 2. The van der Waals surface area contributed by atoms with Crippen LogP contribution in [-0.2, 0) is 0 Å². The number of hydrogen-bond acceptors (Lipinski definition) is 3. The second-order valence-corrected chi connectivity index (χ2v) is 4.55. The van der Waals surface area contributed by atoms with Gasteiger partial charge in [-0.05, 0) is 38.9 Å². The summed E-state index contributed by atoms with van der Waals surface area (Å²) in [4.78, 5) is 2.22. The Labute approximate surface area is 104 Å². The molecule has 1 rings (SSSR count). The first kappa shape index (κ1) is 13.5. The second-order valence-electron chi connectivity index (χ2n) is 4.55. The van der Waals surface area contributed by atoms with Crippen LogP contribution < -0.4 is 10.2 Å². The normalized spacial score (nSPS) is 13.8. The van der Waals surface area contributed by atoms with Crippen LogP contribution in [0.2, 0.25) is 0 Å². The maximum Gasteiger partial charge on any atom is 0.103 e. The van der Waals surface area contributed by atoms with Crippen LogP contribution in [0.25, 0.3) is 0 Å². The molecule has 0 saturated heterocycles. The summed E-state index contributed by atoms with van der Waals surface area (Å²) in [5, 5.41) is 12.1. The van der Waals surface area contributed by atoms with Gasteiger partial charge in [-0.25, -0.2) is 0 Å². The molecule has 17 heavy (non-hydrogen) atoms. The third-order valence-corrected chi connectivity index (χ3v) is 3.17. The van der Waals surface area contributed by atoms with Gasteiger partial charge in [-0.2, -0.15) is 5.26 Å². The molecule has 1 unspecified atom stereocenters. The number of benzene rings is 1. The van der Waals surface area contributed by atoms with E-state index in [2.05, 4.69) is 35.5 Å². The minimum Gasteiger partial charge on any atom is -0.375 e. The summed E-state index contributed by atoms with van der Waals surface area (Å²) in [7, 11) is 3.92. The number of rotatable bonds is 6. The van der Waals surface area contributed by atoms with Crippen LogP contribution in [0, 0.1) is 11.3 Å². The minimum atomic E-state index is -0.405. The van der Waals surface area contributed by atoms with Crippen molar-refractivity contribution >= 4 is 5.69 Å². The highest BCUT2D eigenvalue weighted by Gasteiger charge is 2.20. The van der Waals surface area contributed by atoms with Crippen LogP contribution in [0.1, 0.15) is 19.8 Å². The lowest BCUT2D eigenvalue weighted by atomic mass is 9.98. The number of hydrogen-bond donors (Lipinski definition) is 1. The lowest BCUT2D eigenvalue weighted by molar-refractivity contribution is 0.442. The van der Waals surface area contributed by atoms with E-state index in [1.807, 2.05) is 32.2 Å². The van der Waals surface area contributed by atoms with Crippen molar-refractivity contribution in [1.29, 1.82) is 5.26 Å². The van der Waals surface area contributed by atoms with E-state index >= 15 is 0 Å². The van der Waals surface area contributed by atoms with Crippen LogP contribution >= 0.6 is 0 Å². The van der Waals surface area contributed by atoms with Gasteiger partial charge in [0.05, 0.1) is 6.07 Å². The van der Waals surface area contributed by atoms with Gasteiger partial charge in [-0.3, -0.25) is 0 Å². The first-order valence-corrected chi connectivity index (χ1v) is 5.97. The Balaban J connectivity index is 2.40. The zero-order valence-corrected chi connectivity index (χ0v) is 10.9. The van der Waals surface area contributed by atoms with Crippen molar-refractivity contribution in [3.63, 3.8) is 0 Å². The van der Waals surface area contributed by atoms with Crippen molar-refractivity contribution in [1.82, 2.24) is 5.32 Å². The first-order valence-electron chi connectivity index (χ1n) is 5.97. The molecule has 0 amide bonds. The molecule has 1 atom stereocenters. The van der Waals surface area contributed by atoms with E-state index in [4.69, 9.17) is 5.26 Å². The average Bonchev–Trinajstić information content (AvgIpc) is 2.39. The second kappa shape index (κ2) is 6.27. The molecule has 0 aromatic heterocycles. The van der Waals surface area contributed by atoms with Crippen LogP contribution in [0.4, 0.5) is 5.69 Å². The Morgan fingerprint density at radius 3 is 2.53 bits per heavy atom. The predicted octanol–water partition coefficient (Wildman–Crippen LogP) is 2.40. The Bertz CT molecular complexity index is 369. The Hall–Kier alpha value is -1.53. The molecule has 92 valence electrons. The van der Waals surface area contributed by atoms with Gasteiger partial charge in [-0.1, -0.05) is 18.2 Å². The molecule has 1 aromatic carbocycles. The smallest absolute Gasteiger partial charge is 0.103 e. The van der Waals surface area contributed by atoms with Gasteiger partial charge in [0, 0.05) is 19.3 Å². The third-order valence-electron chi connectivity index (χ3n) is 3.17. The molecule has 0 aliphatic heterocycles. The summed E-state index contributed by atoms with van der Waals surface area (Å²) in [6.07, 6.45) is 1.85. The van der Waals surface area contributed by atoms with E-state index in [0.29, 0.717) is 0 Å². The SMILES string of the molecule is CNC(C)(C#N)CCCN(C)c1ccccc1. The van der Waals surface area contributed by atoms with Crippen molar-refractivity contribution in [2.24, 2.45) is 0 Å². The molecular weight excluding hydrogens is 210 g/mol. The van der Waals surface area contributed by atoms with Crippen LogP contribution in [0.5, 0.6) is 0 Å². The quantitative estimate of drug-likeness (QED) is 0.817. The summed E-state index contributed by atoms with van der Waals surface area (Å²) >= 11 is 0. The molecule has 1 aromatic rings. The number of nitrogens with one attached hydrogen (secondary N) is 1. The van der Waals surface area contributed by atoms with Crippen molar-refractivity contribution in [3.05, 3.63) is 30.3 Å². The summed E-state index contributed by atoms with van der Waals surface area (Å²) in [6, 6.07) is 12.6. The fourth-order valence-electron chi connectivity index (χ4n) is 1.72. The van der Waals surface area contributed by atoms with E-state index in [-0.39, 0.29) is 0 Å². The molecule has 0 fully saturated rings.